The molecule has 9 nitrogen and oxygen atoms in total. The fourth-order valence-electron chi connectivity index (χ4n) is 6.11. The van der Waals surface area contributed by atoms with E-state index in [4.69, 9.17) is 24.7 Å². The quantitative estimate of drug-likeness (QED) is 0.151. The second kappa shape index (κ2) is 14.9. The molecule has 2 aliphatic heterocycles. The van der Waals surface area contributed by atoms with Gasteiger partial charge >= 0.3 is 23.0 Å². The molecular formula is C39H43FeN5O4. The fourth-order valence-corrected chi connectivity index (χ4v) is 6.11. The van der Waals surface area contributed by atoms with Gasteiger partial charge in [0.1, 0.15) is 13.2 Å². The zero-order chi connectivity index (χ0) is 34.9. The third kappa shape index (κ3) is 8.04. The maximum Gasteiger partial charge on any atom is 2.00 e. The SMILES string of the molecule is C=CC1=C(C)c2cc3[n-]c(cc4[n-]c(cc5nc(cc1n2)C(C)=C5C=C)c(C)c4CCC(=O)[O-])c(CCC(=O)OCC[N+](C)(C)C)c3C.[Fe+2]. The number of carbonyl (C=O) groups is 2. The van der Waals surface area contributed by atoms with Crippen LogP contribution in [-0.2, 0) is 44.2 Å². The van der Waals surface area contributed by atoms with Gasteiger partial charge in [0, 0.05) is 23.5 Å². The van der Waals surface area contributed by atoms with Crippen LogP contribution in [0, 0.1) is 13.8 Å². The maximum absolute atomic E-state index is 12.8. The van der Waals surface area contributed by atoms with Crippen LogP contribution in [0.25, 0.3) is 44.4 Å². The molecule has 3 aromatic rings. The molecule has 0 spiro atoms. The van der Waals surface area contributed by atoms with Crippen molar-refractivity contribution in [2.24, 2.45) is 0 Å². The van der Waals surface area contributed by atoms with Crippen molar-refractivity contribution in [1.29, 1.82) is 0 Å². The summed E-state index contributed by atoms with van der Waals surface area (Å²) < 4.78 is 6.25. The molecule has 5 heterocycles. The molecule has 3 aromatic heterocycles. The van der Waals surface area contributed by atoms with E-state index in [-0.39, 0.29) is 42.3 Å². The Labute approximate surface area is 298 Å². The summed E-state index contributed by atoms with van der Waals surface area (Å²) in [5.74, 6) is -1.40. The van der Waals surface area contributed by atoms with E-state index in [9.17, 15) is 14.7 Å². The van der Waals surface area contributed by atoms with Gasteiger partial charge in [-0.1, -0.05) is 65.8 Å². The van der Waals surface area contributed by atoms with E-state index in [1.807, 2.05) is 58.0 Å². The fraction of sp³-hybridized carbons (Fsp3) is 0.333. The Bertz CT molecular complexity index is 2070. The molecule has 0 amide bonds. The van der Waals surface area contributed by atoms with Gasteiger partial charge in [-0.2, -0.15) is 0 Å². The summed E-state index contributed by atoms with van der Waals surface area (Å²) in [6.45, 7) is 17.1. The molecule has 8 bridgehead atoms. The molecule has 49 heavy (non-hydrogen) atoms. The van der Waals surface area contributed by atoms with Gasteiger partial charge in [0.05, 0.1) is 43.9 Å². The first-order chi connectivity index (χ1) is 22.7. The predicted octanol–water partition coefficient (Wildman–Crippen LogP) is 5.29. The largest absolute Gasteiger partial charge is 2.00 e. The van der Waals surface area contributed by atoms with Crippen LogP contribution in [0.2, 0.25) is 0 Å². The van der Waals surface area contributed by atoms with Gasteiger partial charge < -0.3 is 29.1 Å². The Morgan fingerprint density at radius 1 is 0.755 bits per heavy atom. The number of hydrogen-bond donors (Lipinski definition) is 0. The number of aryl methyl sites for hydroxylation is 4. The number of quaternary nitrogens is 1. The summed E-state index contributed by atoms with van der Waals surface area (Å²) in [5, 5.41) is 11.5. The predicted molar refractivity (Wildman–Crippen MR) is 189 cm³/mol. The van der Waals surface area contributed by atoms with E-state index in [1.54, 1.807) is 6.08 Å². The number of carboxylic acids is 1. The van der Waals surface area contributed by atoms with E-state index >= 15 is 0 Å². The van der Waals surface area contributed by atoms with E-state index in [0.717, 1.165) is 67.1 Å². The Hall–Kier alpha value is -4.50. The molecule has 256 valence electrons. The number of carbonyl (C=O) groups excluding carboxylic acids is 2. The molecule has 2 aliphatic rings. The number of ether oxygens (including phenoxy) is 1. The zero-order valence-corrected chi connectivity index (χ0v) is 30.4. The molecule has 0 radical (unpaired) electrons. The summed E-state index contributed by atoms with van der Waals surface area (Å²) in [5.41, 5.74) is 12.9. The number of esters is 1. The monoisotopic (exact) mass is 701 g/mol. The third-order valence-corrected chi connectivity index (χ3v) is 9.07. The molecule has 0 saturated heterocycles. The van der Waals surface area contributed by atoms with Crippen LogP contribution in [-0.4, -0.2) is 60.7 Å². The van der Waals surface area contributed by atoms with Crippen molar-refractivity contribution >= 4 is 56.3 Å². The second-order valence-corrected chi connectivity index (χ2v) is 13.4. The first-order valence-electron chi connectivity index (χ1n) is 16.2. The minimum atomic E-state index is -1.13. The molecule has 0 saturated carbocycles. The first-order valence-corrected chi connectivity index (χ1v) is 16.2. The summed E-state index contributed by atoms with van der Waals surface area (Å²) in [6.07, 6.45) is 4.31. The van der Waals surface area contributed by atoms with Crippen LogP contribution in [0.4, 0.5) is 0 Å². The second-order valence-electron chi connectivity index (χ2n) is 13.4. The summed E-state index contributed by atoms with van der Waals surface area (Å²) in [7, 11) is 6.16. The minimum absolute atomic E-state index is 0. The number of rotatable bonds is 11. The molecule has 0 atom stereocenters. The Balaban J connectivity index is 0.00000541. The summed E-state index contributed by atoms with van der Waals surface area (Å²) in [4.78, 5) is 44.3. The summed E-state index contributed by atoms with van der Waals surface area (Å²) in [6, 6.07) is 7.75. The van der Waals surface area contributed by atoms with Gasteiger partial charge in [-0.3, -0.25) is 4.79 Å². The molecule has 0 aliphatic carbocycles. The topological polar surface area (TPSA) is 120 Å². The van der Waals surface area contributed by atoms with Crippen molar-refractivity contribution in [2.45, 2.75) is 53.4 Å². The first kappa shape index (κ1) is 37.3. The van der Waals surface area contributed by atoms with Crippen LogP contribution in [0.3, 0.4) is 0 Å². The van der Waals surface area contributed by atoms with Crippen LogP contribution >= 0.6 is 0 Å². The van der Waals surface area contributed by atoms with E-state index in [1.165, 1.54) is 0 Å². The molecule has 5 rings (SSSR count). The van der Waals surface area contributed by atoms with Gasteiger partial charge in [0.2, 0.25) is 0 Å². The molecule has 0 unspecified atom stereocenters. The average molecular weight is 702 g/mol. The van der Waals surface area contributed by atoms with Crippen LogP contribution < -0.4 is 15.1 Å². The number of fused-ring (bicyclic) bond motifs is 8. The van der Waals surface area contributed by atoms with Gasteiger partial charge in [-0.25, -0.2) is 9.97 Å². The van der Waals surface area contributed by atoms with Crippen molar-refractivity contribution in [3.63, 3.8) is 0 Å². The number of aromatic nitrogens is 4. The standard InChI is InChI=1S/C39H45N5O4.Fe/c1-10-26-22(3)30-18-31-25(6)29(13-15-39(47)48-17-16-44(7,8)9)37(42-31)21-36-28(12-14-38(45)46)24(5)33(43-36)20-35-27(11-2)23(4)32(41-35)19-34(26)40-30;/h10-11,18-21H,1-2,12-17H2,3-9H3,(H2-,40,41,42,43,45,46);/q;+2/p-2. The number of nitrogens with zero attached hydrogens (tertiary/aromatic N) is 5. The van der Waals surface area contributed by atoms with E-state index in [0.29, 0.717) is 46.3 Å². The Kier molecular flexibility index (Phi) is 11.4. The normalized spacial score (nSPS) is 13.0. The molecule has 0 aromatic carbocycles. The van der Waals surface area contributed by atoms with E-state index in [2.05, 4.69) is 34.3 Å². The minimum Gasteiger partial charge on any atom is -0.657 e. The van der Waals surface area contributed by atoms with Crippen LogP contribution in [0.15, 0.2) is 49.6 Å². The number of likely N-dealkylation sites (N-methyl/N-ethyl adjacent to an activating group) is 1. The van der Waals surface area contributed by atoms with Crippen molar-refractivity contribution < 1.29 is 41.0 Å². The van der Waals surface area contributed by atoms with Gasteiger partial charge in [-0.15, -0.1) is 22.1 Å². The Morgan fingerprint density at radius 3 is 1.71 bits per heavy atom. The summed E-state index contributed by atoms with van der Waals surface area (Å²) >= 11 is 0. The Morgan fingerprint density at radius 2 is 1.22 bits per heavy atom. The van der Waals surface area contributed by atoms with Crippen molar-refractivity contribution in [2.75, 3.05) is 34.3 Å². The van der Waals surface area contributed by atoms with Crippen LogP contribution in [0.1, 0.15) is 71.7 Å². The number of carboxylic acid groups (broad SMARTS) is 1. The third-order valence-electron chi connectivity index (χ3n) is 9.07. The average Bonchev–Trinajstić information content (AvgIpc) is 3.67. The van der Waals surface area contributed by atoms with Crippen molar-refractivity contribution in [3.8, 4) is 0 Å². The van der Waals surface area contributed by atoms with Gasteiger partial charge in [-0.05, 0) is 64.2 Å². The zero-order valence-electron chi connectivity index (χ0n) is 29.3. The smallest absolute Gasteiger partial charge is 0.657 e. The van der Waals surface area contributed by atoms with E-state index < -0.39 is 5.97 Å². The number of allylic oxidation sites excluding steroid dienone is 6. The van der Waals surface area contributed by atoms with Gasteiger partial charge in [0.15, 0.2) is 0 Å². The molecular weight excluding hydrogens is 658 g/mol. The number of aliphatic carboxylic acids is 1. The van der Waals surface area contributed by atoms with Crippen molar-refractivity contribution in [1.82, 2.24) is 19.9 Å². The van der Waals surface area contributed by atoms with Crippen molar-refractivity contribution in [3.05, 3.63) is 94.6 Å². The van der Waals surface area contributed by atoms with Crippen LogP contribution in [0.5, 0.6) is 0 Å². The van der Waals surface area contributed by atoms with Gasteiger partial charge in [0.25, 0.3) is 0 Å². The maximum atomic E-state index is 12.8. The molecule has 0 fully saturated rings. The number of hydrogen-bond acceptors (Lipinski definition) is 6. The molecule has 0 N–H and O–H groups in total. The molecule has 10 heteroatoms.